The van der Waals surface area contributed by atoms with Gasteiger partial charge in [0.05, 0.1) is 24.6 Å². The van der Waals surface area contributed by atoms with Crippen molar-refractivity contribution in [1.82, 2.24) is 5.32 Å². The molecule has 1 aromatic rings. The molecule has 0 radical (unpaired) electrons. The molecule has 1 fully saturated rings. The van der Waals surface area contributed by atoms with Gasteiger partial charge in [-0.2, -0.15) is 0 Å². The molecule has 1 aromatic carbocycles. The van der Waals surface area contributed by atoms with Gasteiger partial charge in [-0.05, 0) is 45.7 Å². The van der Waals surface area contributed by atoms with E-state index < -0.39 is 35.7 Å². The molecule has 7 heteroatoms. The van der Waals surface area contributed by atoms with Crippen molar-refractivity contribution in [2.45, 2.75) is 51.4 Å². The monoisotopic (exact) mass is 363 g/mol. The molecule has 26 heavy (non-hydrogen) atoms. The van der Waals surface area contributed by atoms with Gasteiger partial charge < -0.3 is 19.5 Å². The number of rotatable bonds is 4. The molecule has 1 amide bonds. The normalized spacial score (nSPS) is 22.4. The lowest BCUT2D eigenvalue weighted by Gasteiger charge is -2.24. The number of hydrogen-bond acceptors (Lipinski definition) is 6. The van der Waals surface area contributed by atoms with E-state index >= 15 is 0 Å². The molecule has 1 N–H and O–H groups in total. The van der Waals surface area contributed by atoms with Gasteiger partial charge in [-0.1, -0.05) is 18.2 Å². The van der Waals surface area contributed by atoms with Crippen LogP contribution in [0.15, 0.2) is 30.3 Å². The van der Waals surface area contributed by atoms with E-state index in [0.717, 1.165) is 0 Å². The molecule has 1 aliphatic rings. The number of nitrogens with one attached hydrogen (secondary N) is 1. The SMILES string of the molecule is COC(=O)C1CC(NC(=O)OC(C)(C)C)C(OC(=O)c2ccccc2)C1. The van der Waals surface area contributed by atoms with Gasteiger partial charge in [-0.15, -0.1) is 0 Å². The molecular formula is C19H25NO6. The topological polar surface area (TPSA) is 90.9 Å². The molecular weight excluding hydrogens is 338 g/mol. The second kappa shape index (κ2) is 8.21. The van der Waals surface area contributed by atoms with E-state index in [0.29, 0.717) is 12.0 Å². The summed E-state index contributed by atoms with van der Waals surface area (Å²) in [7, 11) is 1.31. The Labute approximate surface area is 153 Å². The summed E-state index contributed by atoms with van der Waals surface area (Å²) in [6, 6.07) is 8.03. The van der Waals surface area contributed by atoms with Crippen LogP contribution in [0.2, 0.25) is 0 Å². The van der Waals surface area contributed by atoms with Gasteiger partial charge in [0, 0.05) is 0 Å². The van der Waals surface area contributed by atoms with Gasteiger partial charge in [0.1, 0.15) is 11.7 Å². The van der Waals surface area contributed by atoms with Gasteiger partial charge >= 0.3 is 18.0 Å². The first-order valence-electron chi connectivity index (χ1n) is 8.53. The van der Waals surface area contributed by atoms with Crippen molar-refractivity contribution in [1.29, 1.82) is 0 Å². The predicted molar refractivity (Wildman–Crippen MR) is 93.5 cm³/mol. The number of methoxy groups -OCH3 is 1. The molecule has 0 bridgehead atoms. The van der Waals surface area contributed by atoms with Gasteiger partial charge in [0.15, 0.2) is 0 Å². The maximum absolute atomic E-state index is 12.3. The highest BCUT2D eigenvalue weighted by Gasteiger charge is 2.42. The van der Waals surface area contributed by atoms with Crippen LogP contribution >= 0.6 is 0 Å². The zero-order valence-corrected chi connectivity index (χ0v) is 15.5. The molecule has 7 nitrogen and oxygen atoms in total. The molecule has 0 spiro atoms. The molecule has 0 heterocycles. The number of amides is 1. The van der Waals surface area contributed by atoms with Crippen LogP contribution in [-0.4, -0.2) is 42.9 Å². The molecule has 142 valence electrons. The summed E-state index contributed by atoms with van der Waals surface area (Å²) in [6.07, 6.45) is -0.655. The maximum Gasteiger partial charge on any atom is 0.408 e. The Balaban J connectivity index is 2.07. The largest absolute Gasteiger partial charge is 0.469 e. The van der Waals surface area contributed by atoms with Crippen LogP contribution in [0, 0.1) is 5.92 Å². The van der Waals surface area contributed by atoms with Gasteiger partial charge in [-0.25, -0.2) is 9.59 Å². The third kappa shape index (κ3) is 5.47. The van der Waals surface area contributed by atoms with Crippen molar-refractivity contribution >= 4 is 18.0 Å². The maximum atomic E-state index is 12.3. The van der Waals surface area contributed by atoms with E-state index in [1.807, 2.05) is 0 Å². The van der Waals surface area contributed by atoms with E-state index in [1.54, 1.807) is 51.1 Å². The van der Waals surface area contributed by atoms with Crippen molar-refractivity contribution in [3.8, 4) is 0 Å². The van der Waals surface area contributed by atoms with E-state index in [2.05, 4.69) is 5.32 Å². The summed E-state index contributed by atoms with van der Waals surface area (Å²) >= 11 is 0. The Morgan fingerprint density at radius 3 is 2.31 bits per heavy atom. The third-order valence-electron chi connectivity index (χ3n) is 4.01. The summed E-state index contributed by atoms with van der Waals surface area (Å²) in [5.74, 6) is -1.34. The Morgan fingerprint density at radius 2 is 1.73 bits per heavy atom. The van der Waals surface area contributed by atoms with E-state index in [-0.39, 0.29) is 12.4 Å². The summed E-state index contributed by atoms with van der Waals surface area (Å²) in [4.78, 5) is 36.3. The number of carbonyl (C=O) groups is 3. The second-order valence-corrected chi connectivity index (χ2v) is 7.25. The fourth-order valence-corrected chi connectivity index (χ4v) is 2.88. The number of alkyl carbamates (subject to hydrolysis) is 1. The summed E-state index contributed by atoms with van der Waals surface area (Å²) in [6.45, 7) is 5.27. The van der Waals surface area contributed by atoms with Gasteiger partial charge in [0.2, 0.25) is 0 Å². The Morgan fingerprint density at radius 1 is 1.08 bits per heavy atom. The van der Waals surface area contributed by atoms with Crippen molar-refractivity contribution in [2.24, 2.45) is 5.92 Å². The molecule has 0 aliphatic heterocycles. The lowest BCUT2D eigenvalue weighted by atomic mass is 10.1. The smallest absolute Gasteiger partial charge is 0.408 e. The number of carbonyl (C=O) groups excluding carboxylic acids is 3. The minimum absolute atomic E-state index is 0.283. The zero-order chi connectivity index (χ0) is 19.3. The van der Waals surface area contributed by atoms with E-state index in [1.165, 1.54) is 7.11 Å². The lowest BCUT2D eigenvalue weighted by Crippen LogP contribution is -2.44. The number of esters is 2. The Bertz CT molecular complexity index is 652. The summed E-state index contributed by atoms with van der Waals surface area (Å²) < 4.78 is 15.6. The number of ether oxygens (including phenoxy) is 3. The quantitative estimate of drug-likeness (QED) is 0.653. The number of hydrogen-bond donors (Lipinski definition) is 1. The predicted octanol–water partition coefficient (Wildman–Crippen LogP) is 2.69. The molecule has 0 aromatic heterocycles. The van der Waals surface area contributed by atoms with Crippen molar-refractivity contribution in [3.63, 3.8) is 0 Å². The zero-order valence-electron chi connectivity index (χ0n) is 15.5. The standard InChI is InChI=1S/C19H25NO6/c1-19(2,3)26-18(23)20-14-10-13(16(21)24-4)11-15(14)25-17(22)12-8-6-5-7-9-12/h5-9,13-15H,10-11H2,1-4H3,(H,20,23). The van der Waals surface area contributed by atoms with Crippen molar-refractivity contribution in [2.75, 3.05) is 7.11 Å². The van der Waals surface area contributed by atoms with Crippen LogP contribution in [0.4, 0.5) is 4.79 Å². The van der Waals surface area contributed by atoms with Gasteiger partial charge in [-0.3, -0.25) is 4.79 Å². The highest BCUT2D eigenvalue weighted by atomic mass is 16.6. The van der Waals surface area contributed by atoms with Crippen molar-refractivity contribution in [3.05, 3.63) is 35.9 Å². The van der Waals surface area contributed by atoms with E-state index in [4.69, 9.17) is 14.2 Å². The average molecular weight is 363 g/mol. The molecule has 3 atom stereocenters. The lowest BCUT2D eigenvalue weighted by molar-refractivity contribution is -0.145. The first-order chi connectivity index (χ1) is 12.2. The fourth-order valence-electron chi connectivity index (χ4n) is 2.88. The first-order valence-corrected chi connectivity index (χ1v) is 8.53. The minimum Gasteiger partial charge on any atom is -0.469 e. The third-order valence-corrected chi connectivity index (χ3v) is 4.01. The molecule has 2 rings (SSSR count). The van der Waals surface area contributed by atoms with E-state index in [9.17, 15) is 14.4 Å². The highest BCUT2D eigenvalue weighted by molar-refractivity contribution is 5.89. The molecule has 3 unspecified atom stereocenters. The Hall–Kier alpha value is -2.57. The summed E-state index contributed by atoms with van der Waals surface area (Å²) in [5, 5.41) is 2.71. The molecule has 0 saturated heterocycles. The molecule has 1 aliphatic carbocycles. The Kier molecular flexibility index (Phi) is 6.23. The number of benzene rings is 1. The van der Waals surface area contributed by atoms with Crippen LogP contribution in [0.5, 0.6) is 0 Å². The minimum atomic E-state index is -0.652. The second-order valence-electron chi connectivity index (χ2n) is 7.25. The average Bonchev–Trinajstić information content (AvgIpc) is 2.95. The van der Waals surface area contributed by atoms with Crippen LogP contribution in [0.25, 0.3) is 0 Å². The van der Waals surface area contributed by atoms with Crippen LogP contribution in [0.3, 0.4) is 0 Å². The summed E-state index contributed by atoms with van der Waals surface area (Å²) in [5.41, 5.74) is -0.245. The highest BCUT2D eigenvalue weighted by Crippen LogP contribution is 2.30. The van der Waals surface area contributed by atoms with Crippen LogP contribution in [0.1, 0.15) is 44.0 Å². The van der Waals surface area contributed by atoms with Gasteiger partial charge in [0.25, 0.3) is 0 Å². The van der Waals surface area contributed by atoms with Crippen LogP contribution < -0.4 is 5.32 Å². The van der Waals surface area contributed by atoms with Crippen molar-refractivity contribution < 1.29 is 28.6 Å². The molecule has 1 saturated carbocycles. The van der Waals surface area contributed by atoms with Crippen LogP contribution in [-0.2, 0) is 19.0 Å². The first kappa shape index (κ1) is 19.8. The fraction of sp³-hybridized carbons (Fsp3) is 0.526.